The quantitative estimate of drug-likeness (QED) is 0.191. The van der Waals surface area contributed by atoms with Crippen molar-refractivity contribution in [2.75, 3.05) is 57.8 Å². The van der Waals surface area contributed by atoms with Gasteiger partial charge in [-0.15, -0.1) is 0 Å². The Morgan fingerprint density at radius 2 is 1.66 bits per heavy atom. The van der Waals surface area contributed by atoms with Crippen LogP contribution < -0.4 is 19.7 Å². The van der Waals surface area contributed by atoms with E-state index >= 15 is 0 Å². The fourth-order valence-corrected chi connectivity index (χ4v) is 5.35. The smallest absolute Gasteiger partial charge is 0.305 e. The van der Waals surface area contributed by atoms with Crippen LogP contribution in [0.1, 0.15) is 39.1 Å². The molecule has 0 bridgehead atoms. The minimum absolute atomic E-state index is 0.0538. The molecule has 2 N–H and O–H groups in total. The van der Waals surface area contributed by atoms with Gasteiger partial charge >= 0.3 is 5.97 Å². The van der Waals surface area contributed by atoms with Gasteiger partial charge in [-0.2, -0.15) is 0 Å². The molecular formula is C36H39N5O6. The van der Waals surface area contributed by atoms with Crippen molar-refractivity contribution in [3.63, 3.8) is 0 Å². The van der Waals surface area contributed by atoms with E-state index in [0.717, 1.165) is 41.9 Å². The Kier molecular flexibility index (Phi) is 10.7. The predicted molar refractivity (Wildman–Crippen MR) is 180 cm³/mol. The van der Waals surface area contributed by atoms with Gasteiger partial charge in [0.15, 0.2) is 11.5 Å². The third-order valence-electron chi connectivity index (χ3n) is 7.81. The first-order valence-corrected chi connectivity index (χ1v) is 15.4. The number of ether oxygens (including phenoxy) is 2. The van der Waals surface area contributed by atoms with Gasteiger partial charge in [-0.05, 0) is 92.3 Å². The molecule has 244 valence electrons. The second-order valence-electron chi connectivity index (χ2n) is 11.6. The predicted octanol–water partition coefficient (Wildman–Crippen LogP) is 5.23. The molecule has 3 aromatic carbocycles. The van der Waals surface area contributed by atoms with Crippen molar-refractivity contribution in [2.24, 2.45) is 0 Å². The number of fused-ring (bicyclic) bond motifs is 1. The number of amides is 2. The number of anilines is 2. The lowest BCUT2D eigenvalue weighted by Gasteiger charge is -2.24. The second kappa shape index (κ2) is 15.2. The number of pyridine rings is 1. The molecule has 0 fully saturated rings. The van der Waals surface area contributed by atoms with Crippen molar-refractivity contribution in [2.45, 2.75) is 19.4 Å². The van der Waals surface area contributed by atoms with E-state index in [9.17, 15) is 19.5 Å². The minimum atomic E-state index is -0.982. The molecule has 0 radical (unpaired) electrons. The maximum Gasteiger partial charge on any atom is 0.305 e. The van der Waals surface area contributed by atoms with Crippen LogP contribution in [-0.4, -0.2) is 85.2 Å². The number of aromatic nitrogens is 1. The van der Waals surface area contributed by atoms with Crippen LogP contribution in [0.15, 0.2) is 85.2 Å². The molecule has 1 aliphatic heterocycles. The maximum absolute atomic E-state index is 13.5. The zero-order valence-corrected chi connectivity index (χ0v) is 26.8. The van der Waals surface area contributed by atoms with E-state index < -0.39 is 5.97 Å². The number of carbonyl (C=O) groups is 3. The first-order valence-electron chi connectivity index (χ1n) is 15.4. The Hall–Kier alpha value is -5.42. The molecule has 4 aromatic rings. The molecule has 11 nitrogen and oxygen atoms in total. The molecule has 0 aliphatic carbocycles. The molecule has 0 unspecified atom stereocenters. The van der Waals surface area contributed by atoms with Crippen LogP contribution in [0.2, 0.25) is 0 Å². The summed E-state index contributed by atoms with van der Waals surface area (Å²) in [5.74, 6) is -0.415. The molecule has 2 heterocycles. The van der Waals surface area contributed by atoms with Crippen LogP contribution in [0.3, 0.4) is 0 Å². The van der Waals surface area contributed by atoms with Crippen LogP contribution >= 0.6 is 0 Å². The Bertz CT molecular complexity index is 1730. The summed E-state index contributed by atoms with van der Waals surface area (Å²) in [7, 11) is 6.09. The molecule has 47 heavy (non-hydrogen) atoms. The standard InChI is InChI=1S/C36H39N5O6/c1-39(2)16-6-17-40(3)31-12-10-27(20-30(31)38-35(44)28-11-13-32-33(21-28)47-24-46-32)26-8-4-7-25(19-26)23-41(18-14-34(42)43)36(45)29-9-5-15-37-22-29/h4-5,7-13,15,19-22H,6,14,16-18,23-24H2,1-3H3,(H,38,44)(H,42,43). The van der Waals surface area contributed by atoms with E-state index in [1.807, 2.05) is 63.6 Å². The minimum Gasteiger partial charge on any atom is -0.481 e. The Balaban J connectivity index is 1.42. The van der Waals surface area contributed by atoms with Crippen molar-refractivity contribution < 1.29 is 29.0 Å². The zero-order valence-electron chi connectivity index (χ0n) is 26.8. The van der Waals surface area contributed by atoms with Gasteiger partial charge in [0.25, 0.3) is 11.8 Å². The fourth-order valence-electron chi connectivity index (χ4n) is 5.35. The van der Waals surface area contributed by atoms with Gasteiger partial charge in [0.1, 0.15) is 0 Å². The molecule has 5 rings (SSSR count). The summed E-state index contributed by atoms with van der Waals surface area (Å²) >= 11 is 0. The number of aliphatic carboxylic acids is 1. The summed E-state index contributed by atoms with van der Waals surface area (Å²) in [6.45, 7) is 2.11. The first-order chi connectivity index (χ1) is 22.7. The van der Waals surface area contributed by atoms with Gasteiger partial charge in [0, 0.05) is 44.6 Å². The van der Waals surface area contributed by atoms with E-state index in [-0.39, 0.29) is 38.1 Å². The van der Waals surface area contributed by atoms with Crippen LogP contribution in [-0.2, 0) is 11.3 Å². The molecule has 1 aromatic heterocycles. The van der Waals surface area contributed by atoms with E-state index in [2.05, 4.69) is 20.1 Å². The summed E-state index contributed by atoms with van der Waals surface area (Å²) in [6.07, 6.45) is 3.83. The van der Waals surface area contributed by atoms with Gasteiger partial charge in [0.2, 0.25) is 6.79 Å². The number of hydrogen-bond donors (Lipinski definition) is 2. The normalized spacial score (nSPS) is 11.7. The molecule has 0 saturated heterocycles. The highest BCUT2D eigenvalue weighted by Gasteiger charge is 2.20. The highest BCUT2D eigenvalue weighted by Crippen LogP contribution is 2.35. The second-order valence-corrected chi connectivity index (χ2v) is 11.6. The van der Waals surface area contributed by atoms with Crippen molar-refractivity contribution in [1.29, 1.82) is 0 Å². The van der Waals surface area contributed by atoms with E-state index in [4.69, 9.17) is 9.47 Å². The van der Waals surface area contributed by atoms with Crippen molar-refractivity contribution in [1.82, 2.24) is 14.8 Å². The number of nitrogens with zero attached hydrogens (tertiary/aromatic N) is 4. The Labute approximate surface area is 274 Å². The van der Waals surface area contributed by atoms with Crippen LogP contribution in [0.5, 0.6) is 11.5 Å². The van der Waals surface area contributed by atoms with E-state index in [0.29, 0.717) is 28.3 Å². The number of carbonyl (C=O) groups excluding carboxylic acids is 2. The Morgan fingerprint density at radius 1 is 0.851 bits per heavy atom. The Morgan fingerprint density at radius 3 is 2.43 bits per heavy atom. The van der Waals surface area contributed by atoms with E-state index in [1.165, 1.54) is 11.1 Å². The topological polar surface area (TPSA) is 125 Å². The molecule has 11 heteroatoms. The average Bonchev–Trinajstić information content (AvgIpc) is 3.55. The monoisotopic (exact) mass is 637 g/mol. The van der Waals surface area contributed by atoms with Crippen LogP contribution in [0.4, 0.5) is 11.4 Å². The molecule has 1 aliphatic rings. The molecule has 0 atom stereocenters. The molecule has 0 spiro atoms. The van der Waals surface area contributed by atoms with Crippen LogP contribution in [0.25, 0.3) is 11.1 Å². The number of nitrogens with one attached hydrogen (secondary N) is 1. The van der Waals surface area contributed by atoms with Gasteiger partial charge < -0.3 is 34.6 Å². The zero-order chi connectivity index (χ0) is 33.3. The summed E-state index contributed by atoms with van der Waals surface area (Å²) in [5.41, 5.74) is 4.95. The maximum atomic E-state index is 13.5. The highest BCUT2D eigenvalue weighted by molar-refractivity contribution is 6.06. The van der Waals surface area contributed by atoms with Crippen LogP contribution in [0, 0.1) is 0 Å². The SMILES string of the molecule is CN(C)CCCN(C)c1ccc(-c2cccc(CN(CCC(=O)O)C(=O)c3cccnc3)c2)cc1NC(=O)c1ccc2c(c1)OCO2. The fraction of sp³-hybridized carbons (Fsp3) is 0.278. The van der Waals surface area contributed by atoms with Gasteiger partial charge in [-0.1, -0.05) is 24.3 Å². The number of carboxylic acids is 1. The number of hydrogen-bond acceptors (Lipinski definition) is 8. The largest absolute Gasteiger partial charge is 0.481 e. The number of rotatable bonds is 14. The van der Waals surface area contributed by atoms with Crippen molar-refractivity contribution in [3.05, 3.63) is 102 Å². The van der Waals surface area contributed by atoms with Gasteiger partial charge in [-0.25, -0.2) is 0 Å². The highest BCUT2D eigenvalue weighted by atomic mass is 16.7. The average molecular weight is 638 g/mol. The number of benzene rings is 3. The third kappa shape index (κ3) is 8.65. The lowest BCUT2D eigenvalue weighted by molar-refractivity contribution is -0.137. The summed E-state index contributed by atoms with van der Waals surface area (Å²) in [4.78, 5) is 48.0. The third-order valence-corrected chi connectivity index (χ3v) is 7.81. The van der Waals surface area contributed by atoms with Crippen molar-refractivity contribution >= 4 is 29.2 Å². The van der Waals surface area contributed by atoms with E-state index in [1.54, 1.807) is 36.5 Å². The lowest BCUT2D eigenvalue weighted by Crippen LogP contribution is -2.32. The molecule has 0 saturated carbocycles. The van der Waals surface area contributed by atoms with Crippen molar-refractivity contribution in [3.8, 4) is 22.6 Å². The molecular weight excluding hydrogens is 598 g/mol. The summed E-state index contributed by atoms with van der Waals surface area (Å²) in [5, 5.41) is 12.4. The summed E-state index contributed by atoms with van der Waals surface area (Å²) in [6, 6.07) is 22.2. The molecule has 2 amide bonds. The first kappa shape index (κ1) is 33.0. The number of carboxylic acid groups (broad SMARTS) is 1. The van der Waals surface area contributed by atoms with Gasteiger partial charge in [-0.3, -0.25) is 19.4 Å². The van der Waals surface area contributed by atoms with Gasteiger partial charge in [0.05, 0.1) is 23.4 Å². The summed E-state index contributed by atoms with van der Waals surface area (Å²) < 4.78 is 10.9. The lowest BCUT2D eigenvalue weighted by atomic mass is 10.0.